The van der Waals surface area contributed by atoms with Crippen molar-refractivity contribution in [3.63, 3.8) is 0 Å². The molecule has 1 aromatic heterocycles. The van der Waals surface area contributed by atoms with E-state index in [1.54, 1.807) is 11.3 Å². The Bertz CT molecular complexity index is 515. The number of nitrogens with zero attached hydrogens (tertiary/aromatic N) is 2. The van der Waals surface area contributed by atoms with Crippen molar-refractivity contribution >= 4 is 17.0 Å². The van der Waals surface area contributed by atoms with Crippen LogP contribution in [0.25, 0.3) is 0 Å². The van der Waals surface area contributed by atoms with E-state index < -0.39 is 0 Å². The largest absolute Gasteiger partial charge is 0.378 e. The first kappa shape index (κ1) is 13.6. The third-order valence-corrected chi connectivity index (χ3v) is 4.78. The fourth-order valence-electron chi connectivity index (χ4n) is 2.67. The van der Waals surface area contributed by atoms with E-state index in [-0.39, 0.29) is 0 Å². The molecule has 0 radical (unpaired) electrons. The fourth-order valence-corrected chi connectivity index (χ4v) is 3.29. The van der Waals surface area contributed by atoms with Gasteiger partial charge in [0.2, 0.25) is 0 Å². The molecule has 2 heterocycles. The molecule has 1 aliphatic rings. The summed E-state index contributed by atoms with van der Waals surface area (Å²) >= 11 is 1.69. The maximum atomic E-state index is 4.13. The van der Waals surface area contributed by atoms with Gasteiger partial charge in [-0.3, -0.25) is 9.88 Å². The lowest BCUT2D eigenvalue weighted by Gasteiger charge is -2.16. The van der Waals surface area contributed by atoms with Crippen LogP contribution in [-0.4, -0.2) is 23.0 Å². The molecule has 1 aliphatic heterocycles. The summed E-state index contributed by atoms with van der Waals surface area (Å²) in [6.45, 7) is 5.77. The van der Waals surface area contributed by atoms with Gasteiger partial charge in [-0.25, -0.2) is 0 Å². The molecule has 0 saturated carbocycles. The summed E-state index contributed by atoms with van der Waals surface area (Å²) in [6.07, 6.45) is 4.64. The molecule has 1 atom stereocenters. The van der Waals surface area contributed by atoms with Crippen LogP contribution in [0.5, 0.6) is 0 Å². The summed E-state index contributed by atoms with van der Waals surface area (Å²) in [7, 11) is 0. The Hall–Kier alpha value is -1.39. The summed E-state index contributed by atoms with van der Waals surface area (Å²) in [5.41, 5.74) is 4.46. The van der Waals surface area contributed by atoms with E-state index in [9.17, 15) is 0 Å². The number of anilines is 1. The van der Waals surface area contributed by atoms with Crippen LogP contribution in [0.4, 0.5) is 5.69 Å². The number of hydrogen-bond donors (Lipinski definition) is 1. The van der Waals surface area contributed by atoms with E-state index in [1.165, 1.54) is 42.1 Å². The molecule has 0 aliphatic carbocycles. The molecule has 0 bridgehead atoms. The Labute approximate surface area is 124 Å². The minimum atomic E-state index is 0.312. The van der Waals surface area contributed by atoms with Crippen molar-refractivity contribution in [1.29, 1.82) is 0 Å². The van der Waals surface area contributed by atoms with E-state index in [1.807, 2.05) is 11.7 Å². The number of aromatic nitrogens is 1. The number of rotatable bonds is 5. The SMILES string of the molecule is CC(Nc1ccc(CN2CCCC2)cc1)c1cncs1. The number of benzene rings is 1. The highest BCUT2D eigenvalue weighted by atomic mass is 32.1. The van der Waals surface area contributed by atoms with E-state index in [4.69, 9.17) is 0 Å². The molecular formula is C16H21N3S. The summed E-state index contributed by atoms with van der Waals surface area (Å²) < 4.78 is 0. The standard InChI is InChI=1S/C16H21N3S/c1-13(16-10-17-12-20-16)18-15-6-4-14(5-7-15)11-19-8-2-3-9-19/h4-7,10,12-13,18H,2-3,8-9,11H2,1H3. The molecule has 1 N–H and O–H groups in total. The van der Waals surface area contributed by atoms with Gasteiger partial charge in [0.15, 0.2) is 0 Å². The van der Waals surface area contributed by atoms with Crippen LogP contribution in [0.1, 0.15) is 36.2 Å². The third-order valence-electron chi connectivity index (χ3n) is 3.82. The highest BCUT2D eigenvalue weighted by molar-refractivity contribution is 7.09. The second kappa shape index (κ2) is 6.37. The van der Waals surface area contributed by atoms with Crippen molar-refractivity contribution in [2.75, 3.05) is 18.4 Å². The van der Waals surface area contributed by atoms with Crippen molar-refractivity contribution in [3.05, 3.63) is 46.4 Å². The Morgan fingerprint density at radius 2 is 2.00 bits per heavy atom. The minimum Gasteiger partial charge on any atom is -0.378 e. The van der Waals surface area contributed by atoms with Crippen molar-refractivity contribution < 1.29 is 0 Å². The molecule has 0 amide bonds. The number of likely N-dealkylation sites (tertiary alicyclic amines) is 1. The first-order valence-corrected chi connectivity index (χ1v) is 8.15. The highest BCUT2D eigenvalue weighted by Crippen LogP contribution is 2.22. The lowest BCUT2D eigenvalue weighted by molar-refractivity contribution is 0.331. The Kier molecular flexibility index (Phi) is 4.33. The highest BCUT2D eigenvalue weighted by Gasteiger charge is 2.11. The van der Waals surface area contributed by atoms with Gasteiger partial charge >= 0.3 is 0 Å². The molecular weight excluding hydrogens is 266 g/mol. The van der Waals surface area contributed by atoms with Gasteiger partial charge in [-0.1, -0.05) is 12.1 Å². The quantitative estimate of drug-likeness (QED) is 0.903. The van der Waals surface area contributed by atoms with Gasteiger partial charge < -0.3 is 5.32 Å². The van der Waals surface area contributed by atoms with E-state index >= 15 is 0 Å². The normalized spacial score (nSPS) is 17.2. The molecule has 1 fully saturated rings. The van der Waals surface area contributed by atoms with E-state index in [0.29, 0.717) is 6.04 Å². The lowest BCUT2D eigenvalue weighted by Crippen LogP contribution is -2.18. The van der Waals surface area contributed by atoms with Crippen molar-refractivity contribution in [3.8, 4) is 0 Å². The van der Waals surface area contributed by atoms with E-state index in [2.05, 4.69) is 46.4 Å². The molecule has 1 aromatic carbocycles. The maximum Gasteiger partial charge on any atom is 0.0795 e. The van der Waals surface area contributed by atoms with Gasteiger partial charge in [0.25, 0.3) is 0 Å². The van der Waals surface area contributed by atoms with Crippen LogP contribution >= 0.6 is 11.3 Å². The first-order chi connectivity index (χ1) is 9.81. The molecule has 1 unspecified atom stereocenters. The topological polar surface area (TPSA) is 28.2 Å². The second-order valence-electron chi connectivity index (χ2n) is 5.45. The smallest absolute Gasteiger partial charge is 0.0795 e. The Morgan fingerprint density at radius 1 is 1.25 bits per heavy atom. The summed E-state index contributed by atoms with van der Waals surface area (Å²) in [4.78, 5) is 7.93. The predicted octanol–water partition coefficient (Wildman–Crippen LogP) is 3.91. The zero-order chi connectivity index (χ0) is 13.8. The summed E-state index contributed by atoms with van der Waals surface area (Å²) in [5.74, 6) is 0. The van der Waals surface area contributed by atoms with Crippen LogP contribution in [0.15, 0.2) is 36.0 Å². The van der Waals surface area contributed by atoms with Gasteiger partial charge in [-0.2, -0.15) is 0 Å². The molecule has 106 valence electrons. The third kappa shape index (κ3) is 3.38. The summed E-state index contributed by atoms with van der Waals surface area (Å²) in [6, 6.07) is 9.15. The number of hydrogen-bond acceptors (Lipinski definition) is 4. The van der Waals surface area contributed by atoms with Gasteiger partial charge in [-0.15, -0.1) is 11.3 Å². The van der Waals surface area contributed by atoms with Crippen molar-refractivity contribution in [2.24, 2.45) is 0 Å². The van der Waals surface area contributed by atoms with Crippen LogP contribution in [0.2, 0.25) is 0 Å². The molecule has 2 aromatic rings. The monoisotopic (exact) mass is 287 g/mol. The van der Waals surface area contributed by atoms with Gasteiger partial charge in [0, 0.05) is 23.3 Å². The molecule has 3 rings (SSSR count). The van der Waals surface area contributed by atoms with Crippen molar-refractivity contribution in [1.82, 2.24) is 9.88 Å². The fraction of sp³-hybridized carbons (Fsp3) is 0.438. The van der Waals surface area contributed by atoms with Crippen LogP contribution in [-0.2, 0) is 6.54 Å². The zero-order valence-electron chi connectivity index (χ0n) is 11.9. The van der Waals surface area contributed by atoms with Gasteiger partial charge in [0.1, 0.15) is 0 Å². The van der Waals surface area contributed by atoms with Crippen molar-refractivity contribution in [2.45, 2.75) is 32.4 Å². The van der Waals surface area contributed by atoms with Crippen LogP contribution in [0.3, 0.4) is 0 Å². The first-order valence-electron chi connectivity index (χ1n) is 7.27. The average Bonchev–Trinajstić information content (AvgIpc) is 3.13. The number of thiazole rings is 1. The van der Waals surface area contributed by atoms with Crippen LogP contribution < -0.4 is 5.32 Å². The molecule has 4 heteroatoms. The second-order valence-corrected chi connectivity index (χ2v) is 6.37. The average molecular weight is 287 g/mol. The van der Waals surface area contributed by atoms with Crippen LogP contribution in [0, 0.1) is 0 Å². The Balaban J connectivity index is 1.58. The van der Waals surface area contributed by atoms with Gasteiger partial charge in [-0.05, 0) is 50.6 Å². The zero-order valence-corrected chi connectivity index (χ0v) is 12.7. The molecule has 1 saturated heterocycles. The predicted molar refractivity (Wildman–Crippen MR) is 85.1 cm³/mol. The number of nitrogens with one attached hydrogen (secondary N) is 1. The maximum absolute atomic E-state index is 4.13. The Morgan fingerprint density at radius 3 is 2.65 bits per heavy atom. The minimum absolute atomic E-state index is 0.312. The van der Waals surface area contributed by atoms with Gasteiger partial charge in [0.05, 0.1) is 11.6 Å². The lowest BCUT2D eigenvalue weighted by atomic mass is 10.2. The van der Waals surface area contributed by atoms with E-state index in [0.717, 1.165) is 6.54 Å². The summed E-state index contributed by atoms with van der Waals surface area (Å²) in [5, 5.41) is 3.52. The molecule has 0 spiro atoms. The molecule has 20 heavy (non-hydrogen) atoms. The molecule has 3 nitrogen and oxygen atoms in total.